The number of pyridine rings is 1. The number of rotatable bonds is 6. The minimum atomic E-state index is -0.00620. The van der Waals surface area contributed by atoms with Crippen molar-refractivity contribution in [1.82, 2.24) is 18.7 Å². The number of benzene rings is 12. The van der Waals surface area contributed by atoms with Gasteiger partial charge in [-0.15, -0.1) is 0 Å². The third-order valence-electron chi connectivity index (χ3n) is 17.6. The van der Waals surface area contributed by atoms with Gasteiger partial charge in [0.25, 0.3) is 0 Å². The zero-order chi connectivity index (χ0) is 52.2. The summed E-state index contributed by atoms with van der Waals surface area (Å²) in [5, 5.41) is 8.72. The lowest BCUT2D eigenvalue weighted by molar-refractivity contribution is 0.960. The molecule has 0 radical (unpaired) electrons. The van der Waals surface area contributed by atoms with Crippen LogP contribution in [0, 0.1) is 0 Å². The van der Waals surface area contributed by atoms with Crippen LogP contribution >= 0.6 is 0 Å². The molecule has 0 fully saturated rings. The van der Waals surface area contributed by atoms with Gasteiger partial charge in [-0.1, -0.05) is 164 Å². The van der Waals surface area contributed by atoms with Gasteiger partial charge < -0.3 is 13.7 Å². The first kappa shape index (κ1) is 43.5. The Morgan fingerprint density at radius 2 is 0.713 bits per heavy atom. The molecular formula is C76H46N4. The lowest BCUT2D eigenvalue weighted by atomic mass is 9.90. The molecule has 4 heterocycles. The van der Waals surface area contributed by atoms with Crippen molar-refractivity contribution in [3.05, 3.63) is 290 Å². The predicted molar refractivity (Wildman–Crippen MR) is 333 cm³/mol. The van der Waals surface area contributed by atoms with Crippen molar-refractivity contribution in [3.63, 3.8) is 0 Å². The standard InChI is InChI=1S/C76H46N4/c1-3-16-50(17-4-1)78-69-27-12-9-21-55(69)63-41-47(31-37-72(63)78)46-30-35-60-61(40-46)53-20-7-8-24-58(53)75(60)68-45-66-54-36-34-52(44-62(54)59-25-15-26-67(77-68)76(59)66)80-71-29-14-11-23-57(71)65-43-49(33-39-74(65)80)48-32-38-73-64(42-48)56-22-10-13-28-70(56)79(73)51-18-5-2-6-19-51/h1-45,75H. The second kappa shape index (κ2) is 16.5. The highest BCUT2D eigenvalue weighted by atomic mass is 15.0. The summed E-state index contributed by atoms with van der Waals surface area (Å²) in [4.78, 5) is 5.60. The molecule has 16 aromatic rings. The molecule has 4 aromatic heterocycles. The summed E-state index contributed by atoms with van der Waals surface area (Å²) < 4.78 is 7.23. The molecular weight excluding hydrogens is 969 g/mol. The van der Waals surface area contributed by atoms with E-state index in [4.69, 9.17) is 4.98 Å². The topological polar surface area (TPSA) is 27.7 Å². The molecule has 1 unspecified atom stereocenters. The van der Waals surface area contributed by atoms with Crippen LogP contribution in [0.3, 0.4) is 0 Å². The maximum Gasteiger partial charge on any atom is 0.0718 e. The van der Waals surface area contributed by atoms with Crippen molar-refractivity contribution < 1.29 is 0 Å². The molecule has 0 amide bonds. The highest BCUT2D eigenvalue weighted by Gasteiger charge is 2.33. The average Bonchev–Trinajstić information content (AvgIpc) is 4.48. The van der Waals surface area contributed by atoms with E-state index in [1.807, 2.05) is 0 Å². The largest absolute Gasteiger partial charge is 0.309 e. The molecule has 0 saturated carbocycles. The van der Waals surface area contributed by atoms with Gasteiger partial charge in [0, 0.05) is 54.8 Å². The molecule has 4 nitrogen and oxygen atoms in total. The van der Waals surface area contributed by atoms with Crippen LogP contribution < -0.4 is 0 Å². The normalized spacial score (nSPS) is 13.4. The van der Waals surface area contributed by atoms with Crippen molar-refractivity contribution in [2.75, 3.05) is 0 Å². The molecule has 0 aliphatic heterocycles. The third-order valence-corrected chi connectivity index (χ3v) is 17.6. The Morgan fingerprint density at radius 3 is 1.30 bits per heavy atom. The van der Waals surface area contributed by atoms with Gasteiger partial charge in [0.2, 0.25) is 0 Å². The van der Waals surface area contributed by atoms with Crippen LogP contribution in [0.4, 0.5) is 0 Å². The maximum absolute atomic E-state index is 5.60. The van der Waals surface area contributed by atoms with Gasteiger partial charge in [-0.3, -0.25) is 4.98 Å². The minimum absolute atomic E-state index is 0.00620. The number of hydrogen-bond acceptors (Lipinski definition) is 1. The lowest BCUT2D eigenvalue weighted by Gasteiger charge is -2.16. The number of aromatic nitrogens is 4. The van der Waals surface area contributed by atoms with Crippen LogP contribution in [-0.2, 0) is 0 Å². The number of para-hydroxylation sites is 5. The lowest BCUT2D eigenvalue weighted by Crippen LogP contribution is -2.03. The van der Waals surface area contributed by atoms with Crippen LogP contribution in [-0.4, -0.2) is 18.7 Å². The Balaban J connectivity index is 0.726. The van der Waals surface area contributed by atoms with Crippen molar-refractivity contribution in [2.45, 2.75) is 5.92 Å². The zero-order valence-corrected chi connectivity index (χ0v) is 43.3. The van der Waals surface area contributed by atoms with Crippen LogP contribution in [0.15, 0.2) is 273 Å². The Morgan fingerprint density at radius 1 is 0.250 bits per heavy atom. The van der Waals surface area contributed by atoms with Crippen LogP contribution in [0.5, 0.6) is 0 Å². The zero-order valence-electron chi connectivity index (χ0n) is 43.3. The van der Waals surface area contributed by atoms with E-state index in [2.05, 4.69) is 287 Å². The molecule has 12 aromatic carbocycles. The molecule has 2 aliphatic rings. The number of nitrogens with zero attached hydrogens (tertiary/aromatic N) is 4. The monoisotopic (exact) mass is 1010 g/mol. The van der Waals surface area contributed by atoms with Gasteiger partial charge in [-0.25, -0.2) is 0 Å². The smallest absolute Gasteiger partial charge is 0.0718 e. The van der Waals surface area contributed by atoms with Gasteiger partial charge in [0.1, 0.15) is 0 Å². The molecule has 2 aliphatic carbocycles. The van der Waals surface area contributed by atoms with E-state index >= 15 is 0 Å². The van der Waals surface area contributed by atoms with Crippen molar-refractivity contribution in [1.29, 1.82) is 0 Å². The summed E-state index contributed by atoms with van der Waals surface area (Å²) in [5.74, 6) is -0.00620. The summed E-state index contributed by atoms with van der Waals surface area (Å²) in [6, 6.07) is 101. The molecule has 18 rings (SSSR count). The maximum atomic E-state index is 5.60. The van der Waals surface area contributed by atoms with E-state index in [1.165, 1.54) is 149 Å². The second-order valence-corrected chi connectivity index (χ2v) is 21.8. The Bertz CT molecular complexity index is 5310. The summed E-state index contributed by atoms with van der Waals surface area (Å²) in [7, 11) is 0. The SMILES string of the molecule is c1ccc(-n2c3ccccc3c3cc(-c4ccc5c(c4)-c4ccccc4C5c4cc5c6c(cccc6n4)-c4cc(-n6c7ccccc7c7cc(-c8ccc9c(c8)c8ccccc8n9-c8ccccc8)ccc76)ccc4-5)ccc32)cc1. The van der Waals surface area contributed by atoms with Crippen LogP contribution in [0.2, 0.25) is 0 Å². The van der Waals surface area contributed by atoms with E-state index < -0.39 is 0 Å². The summed E-state index contributed by atoms with van der Waals surface area (Å²) in [5.41, 5.74) is 27.8. The summed E-state index contributed by atoms with van der Waals surface area (Å²) in [6.07, 6.45) is 0. The fourth-order valence-electron chi connectivity index (χ4n) is 14.2. The molecule has 0 spiro atoms. The van der Waals surface area contributed by atoms with Crippen molar-refractivity contribution in [3.8, 4) is 72.7 Å². The molecule has 0 saturated heterocycles. The van der Waals surface area contributed by atoms with Crippen LogP contribution in [0.1, 0.15) is 22.7 Å². The average molecular weight is 1020 g/mol. The molecule has 4 heteroatoms. The highest BCUT2D eigenvalue weighted by Crippen LogP contribution is 2.53. The van der Waals surface area contributed by atoms with Crippen LogP contribution in [0.25, 0.3) is 149 Å². The van der Waals surface area contributed by atoms with E-state index in [0.717, 1.165) is 16.9 Å². The van der Waals surface area contributed by atoms with Gasteiger partial charge >= 0.3 is 0 Å². The molecule has 1 atom stereocenters. The summed E-state index contributed by atoms with van der Waals surface area (Å²) >= 11 is 0. The first-order valence-corrected chi connectivity index (χ1v) is 27.7. The molecule has 370 valence electrons. The van der Waals surface area contributed by atoms with Gasteiger partial charge in [0.05, 0.1) is 50.2 Å². The number of fused-ring (bicyclic) bond motifs is 15. The Labute approximate surface area is 460 Å². The van der Waals surface area contributed by atoms with E-state index in [1.54, 1.807) is 0 Å². The van der Waals surface area contributed by atoms with E-state index in [0.29, 0.717) is 0 Å². The first-order chi connectivity index (χ1) is 39.7. The molecule has 0 bridgehead atoms. The Kier molecular flexibility index (Phi) is 8.97. The third kappa shape index (κ3) is 6.13. The highest BCUT2D eigenvalue weighted by molar-refractivity contribution is 6.17. The summed E-state index contributed by atoms with van der Waals surface area (Å²) in [6.45, 7) is 0. The van der Waals surface area contributed by atoms with E-state index in [9.17, 15) is 0 Å². The van der Waals surface area contributed by atoms with Crippen molar-refractivity contribution >= 4 is 76.3 Å². The fourth-order valence-corrected chi connectivity index (χ4v) is 14.2. The van der Waals surface area contributed by atoms with Gasteiger partial charge in [-0.05, 0) is 176 Å². The van der Waals surface area contributed by atoms with Gasteiger partial charge in [-0.2, -0.15) is 0 Å². The minimum Gasteiger partial charge on any atom is -0.309 e. The predicted octanol–water partition coefficient (Wildman–Crippen LogP) is 19.7. The molecule has 0 N–H and O–H groups in total. The number of hydrogen-bond donors (Lipinski definition) is 0. The molecule has 80 heavy (non-hydrogen) atoms. The second-order valence-electron chi connectivity index (χ2n) is 21.8. The Hall–Kier alpha value is -10.6. The van der Waals surface area contributed by atoms with E-state index in [-0.39, 0.29) is 5.92 Å². The van der Waals surface area contributed by atoms with Gasteiger partial charge in [0.15, 0.2) is 0 Å². The van der Waals surface area contributed by atoms with Crippen molar-refractivity contribution in [2.24, 2.45) is 0 Å². The quantitative estimate of drug-likeness (QED) is 0.163. The first-order valence-electron chi connectivity index (χ1n) is 27.7. The fraction of sp³-hybridized carbons (Fsp3) is 0.0132.